The molecule has 1 aromatic heterocycles. The molecule has 0 unspecified atom stereocenters. The Morgan fingerprint density at radius 1 is 1.07 bits per heavy atom. The molecule has 27 heavy (non-hydrogen) atoms. The topological polar surface area (TPSA) is 84.0 Å². The van der Waals surface area contributed by atoms with Crippen LogP contribution in [-0.4, -0.2) is 22.0 Å². The van der Waals surface area contributed by atoms with Crippen molar-refractivity contribution < 1.29 is 9.59 Å². The van der Waals surface area contributed by atoms with Crippen molar-refractivity contribution in [2.45, 2.75) is 58.8 Å². The first-order valence-corrected chi connectivity index (χ1v) is 10.2. The molecule has 1 aliphatic rings. The zero-order chi connectivity index (χ0) is 19.4. The number of nitrogens with one attached hydrogen (secondary N) is 2. The van der Waals surface area contributed by atoms with E-state index in [4.69, 9.17) is 0 Å². The lowest BCUT2D eigenvalue weighted by molar-refractivity contribution is -0.123. The minimum atomic E-state index is -0.500. The van der Waals surface area contributed by atoms with Gasteiger partial charge in [-0.1, -0.05) is 57.4 Å². The zero-order valence-electron chi connectivity index (χ0n) is 16.0. The normalized spacial score (nSPS) is 15.4. The number of amides is 2. The average Bonchev–Trinajstić information content (AvgIpc) is 3.10. The summed E-state index contributed by atoms with van der Waals surface area (Å²) in [5.41, 5.74) is 0.569. The number of aromatic nitrogens is 2. The van der Waals surface area contributed by atoms with E-state index in [2.05, 4.69) is 20.8 Å². The third-order valence-electron chi connectivity index (χ3n) is 4.68. The highest BCUT2D eigenvalue weighted by atomic mass is 32.1. The molecule has 0 spiro atoms. The fraction of sp³-hybridized carbons (Fsp3) is 0.500. The molecule has 1 heterocycles. The SMILES string of the molecule is CC(C)(C)C(=O)Nc1cccc(C(=O)Nc2nnc(C3CCCCC3)s2)c1. The number of carbonyl (C=O) groups excluding carboxylic acids is 2. The fourth-order valence-electron chi connectivity index (χ4n) is 3.03. The molecule has 6 nitrogen and oxygen atoms in total. The largest absolute Gasteiger partial charge is 0.326 e. The number of hydrogen-bond acceptors (Lipinski definition) is 5. The van der Waals surface area contributed by atoms with Crippen LogP contribution in [0, 0.1) is 5.41 Å². The van der Waals surface area contributed by atoms with Crippen molar-refractivity contribution in [1.82, 2.24) is 10.2 Å². The van der Waals surface area contributed by atoms with Crippen LogP contribution in [0.1, 0.15) is 74.2 Å². The average molecular weight is 387 g/mol. The maximum absolute atomic E-state index is 12.5. The van der Waals surface area contributed by atoms with Crippen LogP contribution in [0.25, 0.3) is 0 Å². The fourth-order valence-corrected chi connectivity index (χ4v) is 3.93. The first-order valence-electron chi connectivity index (χ1n) is 9.39. The molecule has 2 amide bonds. The monoisotopic (exact) mass is 386 g/mol. The van der Waals surface area contributed by atoms with Gasteiger partial charge in [-0.05, 0) is 31.0 Å². The Labute approximate surface area is 163 Å². The molecule has 0 radical (unpaired) electrons. The van der Waals surface area contributed by atoms with Crippen LogP contribution in [-0.2, 0) is 4.79 Å². The molecule has 1 aliphatic carbocycles. The van der Waals surface area contributed by atoms with E-state index in [1.54, 1.807) is 24.3 Å². The molecule has 3 rings (SSSR count). The highest BCUT2D eigenvalue weighted by Crippen LogP contribution is 2.35. The van der Waals surface area contributed by atoms with Crippen LogP contribution in [0.15, 0.2) is 24.3 Å². The van der Waals surface area contributed by atoms with Crippen LogP contribution < -0.4 is 10.6 Å². The van der Waals surface area contributed by atoms with Gasteiger partial charge in [-0.25, -0.2) is 0 Å². The van der Waals surface area contributed by atoms with E-state index < -0.39 is 5.41 Å². The molecule has 2 aromatic rings. The molecule has 0 bridgehead atoms. The maximum Gasteiger partial charge on any atom is 0.257 e. The van der Waals surface area contributed by atoms with Crippen LogP contribution in [0.3, 0.4) is 0 Å². The van der Waals surface area contributed by atoms with E-state index in [0.29, 0.717) is 22.3 Å². The first kappa shape index (κ1) is 19.5. The summed E-state index contributed by atoms with van der Waals surface area (Å²) in [6, 6.07) is 6.90. The van der Waals surface area contributed by atoms with Gasteiger partial charge in [0.2, 0.25) is 11.0 Å². The van der Waals surface area contributed by atoms with Crippen molar-refractivity contribution in [1.29, 1.82) is 0 Å². The summed E-state index contributed by atoms with van der Waals surface area (Å²) >= 11 is 1.46. The minimum Gasteiger partial charge on any atom is -0.326 e. The maximum atomic E-state index is 12.5. The van der Waals surface area contributed by atoms with Crippen molar-refractivity contribution in [2.75, 3.05) is 10.6 Å². The van der Waals surface area contributed by atoms with Gasteiger partial charge in [0, 0.05) is 22.6 Å². The lowest BCUT2D eigenvalue weighted by Crippen LogP contribution is -2.27. The Morgan fingerprint density at radius 3 is 2.52 bits per heavy atom. The van der Waals surface area contributed by atoms with Gasteiger partial charge in [-0.15, -0.1) is 10.2 Å². The standard InChI is InChI=1S/C20H26N4O2S/c1-20(2,3)18(26)21-15-11-7-10-14(12-15)16(25)22-19-24-23-17(27-19)13-8-5-4-6-9-13/h7,10-13H,4-6,8-9H2,1-3H3,(H,21,26)(H,22,24,25). The van der Waals surface area contributed by atoms with Gasteiger partial charge in [0.1, 0.15) is 5.01 Å². The number of benzene rings is 1. The van der Waals surface area contributed by atoms with Crippen molar-refractivity contribution in [3.8, 4) is 0 Å². The number of anilines is 2. The third kappa shape index (κ3) is 5.13. The van der Waals surface area contributed by atoms with Crippen molar-refractivity contribution in [3.05, 3.63) is 34.8 Å². The minimum absolute atomic E-state index is 0.0960. The molecule has 0 atom stereocenters. The second-order valence-electron chi connectivity index (χ2n) is 8.02. The number of rotatable bonds is 4. The van der Waals surface area contributed by atoms with Gasteiger partial charge in [0.15, 0.2) is 0 Å². The van der Waals surface area contributed by atoms with Crippen LogP contribution in [0.4, 0.5) is 10.8 Å². The Kier molecular flexibility index (Phi) is 5.89. The summed E-state index contributed by atoms with van der Waals surface area (Å²) < 4.78 is 0. The molecular weight excluding hydrogens is 360 g/mol. The molecule has 1 aromatic carbocycles. The van der Waals surface area contributed by atoms with E-state index in [9.17, 15) is 9.59 Å². The van der Waals surface area contributed by atoms with Gasteiger partial charge in [-0.2, -0.15) is 0 Å². The van der Waals surface area contributed by atoms with E-state index in [1.165, 1.54) is 30.6 Å². The molecule has 7 heteroatoms. The second kappa shape index (κ2) is 8.17. The van der Waals surface area contributed by atoms with E-state index in [-0.39, 0.29) is 11.8 Å². The van der Waals surface area contributed by atoms with Crippen molar-refractivity contribution in [3.63, 3.8) is 0 Å². The molecule has 144 valence electrons. The smallest absolute Gasteiger partial charge is 0.257 e. The summed E-state index contributed by atoms with van der Waals surface area (Å²) in [4.78, 5) is 24.7. The van der Waals surface area contributed by atoms with E-state index >= 15 is 0 Å². The Balaban J connectivity index is 1.65. The van der Waals surface area contributed by atoms with Gasteiger partial charge in [0.25, 0.3) is 5.91 Å². The highest BCUT2D eigenvalue weighted by molar-refractivity contribution is 7.15. The Morgan fingerprint density at radius 2 is 1.81 bits per heavy atom. The molecule has 2 N–H and O–H groups in total. The summed E-state index contributed by atoms with van der Waals surface area (Å²) in [7, 11) is 0. The van der Waals surface area contributed by atoms with Gasteiger partial charge in [-0.3, -0.25) is 14.9 Å². The summed E-state index contributed by atoms with van der Waals surface area (Å²) in [5, 5.41) is 15.6. The molecule has 0 saturated heterocycles. The molecule has 1 saturated carbocycles. The van der Waals surface area contributed by atoms with Crippen LogP contribution in [0.2, 0.25) is 0 Å². The lowest BCUT2D eigenvalue weighted by Gasteiger charge is -2.18. The van der Waals surface area contributed by atoms with E-state index in [0.717, 1.165) is 17.8 Å². The van der Waals surface area contributed by atoms with E-state index in [1.807, 2.05) is 20.8 Å². The van der Waals surface area contributed by atoms with Crippen LogP contribution >= 0.6 is 11.3 Å². The summed E-state index contributed by atoms with van der Waals surface area (Å²) in [6.07, 6.45) is 6.06. The predicted octanol–water partition coefficient (Wildman–Crippen LogP) is 4.82. The summed E-state index contributed by atoms with van der Waals surface area (Å²) in [6.45, 7) is 5.54. The predicted molar refractivity (Wildman–Crippen MR) is 108 cm³/mol. The van der Waals surface area contributed by atoms with Gasteiger partial charge >= 0.3 is 0 Å². The Bertz CT molecular complexity index is 819. The van der Waals surface area contributed by atoms with Gasteiger partial charge < -0.3 is 5.32 Å². The summed E-state index contributed by atoms with van der Waals surface area (Å²) in [5.74, 6) is 0.118. The first-order chi connectivity index (χ1) is 12.8. The highest BCUT2D eigenvalue weighted by Gasteiger charge is 2.22. The van der Waals surface area contributed by atoms with Crippen molar-refractivity contribution >= 4 is 34.0 Å². The quantitative estimate of drug-likeness (QED) is 0.789. The van der Waals surface area contributed by atoms with Crippen molar-refractivity contribution in [2.24, 2.45) is 5.41 Å². The molecule has 1 fully saturated rings. The number of hydrogen-bond donors (Lipinski definition) is 2. The van der Waals surface area contributed by atoms with Crippen LogP contribution in [0.5, 0.6) is 0 Å². The zero-order valence-corrected chi connectivity index (χ0v) is 16.9. The van der Waals surface area contributed by atoms with Gasteiger partial charge in [0.05, 0.1) is 0 Å². The third-order valence-corrected chi connectivity index (χ3v) is 5.68. The number of nitrogens with zero attached hydrogens (tertiary/aromatic N) is 2. The number of carbonyl (C=O) groups is 2. The molecule has 0 aliphatic heterocycles. The molecular formula is C20H26N4O2S. The second-order valence-corrected chi connectivity index (χ2v) is 9.03. The lowest BCUT2D eigenvalue weighted by atomic mass is 9.90. The Hall–Kier alpha value is -2.28.